The van der Waals surface area contributed by atoms with E-state index in [1.54, 1.807) is 0 Å². The summed E-state index contributed by atoms with van der Waals surface area (Å²) in [4.78, 5) is 32.7. The SMILES string of the molecule is Cc1ccc(-c2c(C3c4ccccc4C(=O)N3C(CC(C)C)C(=O)NCCN3CCCC3)c3ccccc3n2C)cc1. The second kappa shape index (κ2) is 11.8. The molecule has 0 saturated carbocycles. The molecule has 6 heteroatoms. The summed E-state index contributed by atoms with van der Waals surface area (Å²) in [6.07, 6.45) is 3.04. The molecule has 0 radical (unpaired) electrons. The zero-order valence-electron chi connectivity index (χ0n) is 25.3. The van der Waals surface area contributed by atoms with E-state index in [1.165, 1.54) is 18.4 Å². The molecule has 2 amide bonds. The van der Waals surface area contributed by atoms with Gasteiger partial charge in [-0.15, -0.1) is 0 Å². The van der Waals surface area contributed by atoms with Crippen LogP contribution in [0.4, 0.5) is 0 Å². The van der Waals surface area contributed by atoms with Crippen molar-refractivity contribution >= 4 is 22.7 Å². The van der Waals surface area contributed by atoms with E-state index in [2.05, 4.69) is 97.2 Å². The molecule has 1 saturated heterocycles. The Kier molecular flexibility index (Phi) is 7.91. The predicted molar refractivity (Wildman–Crippen MR) is 169 cm³/mol. The van der Waals surface area contributed by atoms with Crippen molar-refractivity contribution in [3.05, 3.63) is 95.1 Å². The highest BCUT2D eigenvalue weighted by atomic mass is 16.2. The lowest BCUT2D eigenvalue weighted by atomic mass is 9.91. The van der Waals surface area contributed by atoms with E-state index in [1.807, 2.05) is 23.1 Å². The van der Waals surface area contributed by atoms with E-state index in [9.17, 15) is 9.59 Å². The number of fused-ring (bicyclic) bond motifs is 2. The number of benzene rings is 3. The third kappa shape index (κ3) is 5.13. The van der Waals surface area contributed by atoms with Crippen LogP contribution in [0, 0.1) is 12.8 Å². The van der Waals surface area contributed by atoms with Gasteiger partial charge in [-0.05, 0) is 68.5 Å². The van der Waals surface area contributed by atoms with Crippen LogP contribution >= 0.6 is 0 Å². The van der Waals surface area contributed by atoms with Crippen LogP contribution in [0.1, 0.15) is 66.2 Å². The summed E-state index contributed by atoms with van der Waals surface area (Å²) in [5.74, 6) is 0.102. The third-order valence-electron chi connectivity index (χ3n) is 9.00. The zero-order chi connectivity index (χ0) is 29.4. The number of para-hydroxylation sites is 1. The summed E-state index contributed by atoms with van der Waals surface area (Å²) in [6.45, 7) is 9.98. The van der Waals surface area contributed by atoms with Crippen molar-refractivity contribution in [3.8, 4) is 11.3 Å². The first kappa shape index (κ1) is 28.2. The van der Waals surface area contributed by atoms with Crippen molar-refractivity contribution in [1.29, 1.82) is 0 Å². The molecule has 2 aliphatic heterocycles. The number of aromatic nitrogens is 1. The molecule has 0 bridgehead atoms. The van der Waals surface area contributed by atoms with E-state index in [0.29, 0.717) is 18.5 Å². The number of rotatable bonds is 9. The number of amides is 2. The number of carbonyl (C=O) groups excluding carboxylic acids is 2. The maximum absolute atomic E-state index is 14.4. The van der Waals surface area contributed by atoms with Gasteiger partial charge >= 0.3 is 0 Å². The second-order valence-electron chi connectivity index (χ2n) is 12.4. The average molecular weight is 563 g/mol. The van der Waals surface area contributed by atoms with Gasteiger partial charge in [0.2, 0.25) is 5.91 Å². The highest BCUT2D eigenvalue weighted by Gasteiger charge is 2.46. The van der Waals surface area contributed by atoms with Gasteiger partial charge in [0, 0.05) is 42.2 Å². The first-order valence-electron chi connectivity index (χ1n) is 15.4. The Hall–Kier alpha value is -3.90. The number of hydrogen-bond donors (Lipinski definition) is 1. The standard InChI is InChI=1S/C36H42N4O2/c1-24(2)23-31(35(41)37-19-22-39-20-9-10-21-39)40-34(27-11-5-6-12-28(27)36(40)42)32-29-13-7-8-14-30(29)38(4)33(32)26-17-15-25(3)16-18-26/h5-8,11-18,24,31,34H,9-10,19-23H2,1-4H3,(H,37,41). The number of nitrogens with one attached hydrogen (secondary N) is 1. The Morgan fingerprint density at radius 1 is 0.952 bits per heavy atom. The van der Waals surface area contributed by atoms with Crippen molar-refractivity contribution in [2.75, 3.05) is 26.2 Å². The van der Waals surface area contributed by atoms with E-state index in [-0.39, 0.29) is 23.8 Å². The molecule has 4 aromatic rings. The van der Waals surface area contributed by atoms with Crippen LogP contribution in [-0.2, 0) is 11.8 Å². The van der Waals surface area contributed by atoms with Crippen LogP contribution < -0.4 is 5.32 Å². The molecule has 1 N–H and O–H groups in total. The molecule has 3 aromatic carbocycles. The van der Waals surface area contributed by atoms with E-state index < -0.39 is 6.04 Å². The molecule has 2 atom stereocenters. The number of carbonyl (C=O) groups is 2. The van der Waals surface area contributed by atoms with Gasteiger partial charge < -0.3 is 19.7 Å². The topological polar surface area (TPSA) is 57.6 Å². The van der Waals surface area contributed by atoms with Gasteiger partial charge in [0.15, 0.2) is 0 Å². The van der Waals surface area contributed by atoms with Gasteiger partial charge in [0.05, 0.1) is 11.7 Å². The molecule has 6 nitrogen and oxygen atoms in total. The van der Waals surface area contributed by atoms with Crippen LogP contribution in [0.5, 0.6) is 0 Å². The van der Waals surface area contributed by atoms with Gasteiger partial charge in [0.1, 0.15) is 6.04 Å². The van der Waals surface area contributed by atoms with Gasteiger partial charge in [0.25, 0.3) is 5.91 Å². The summed E-state index contributed by atoms with van der Waals surface area (Å²) >= 11 is 0. The van der Waals surface area contributed by atoms with E-state index in [0.717, 1.165) is 52.9 Å². The van der Waals surface area contributed by atoms with Gasteiger partial charge in [-0.3, -0.25) is 9.59 Å². The second-order valence-corrected chi connectivity index (χ2v) is 12.4. The number of likely N-dealkylation sites (tertiary alicyclic amines) is 1. The molecular weight excluding hydrogens is 520 g/mol. The van der Waals surface area contributed by atoms with Crippen LogP contribution in [0.25, 0.3) is 22.2 Å². The lowest BCUT2D eigenvalue weighted by molar-refractivity contribution is -0.126. The summed E-state index contributed by atoms with van der Waals surface area (Å²) in [5, 5.41) is 4.33. The Balaban J connectivity index is 1.49. The van der Waals surface area contributed by atoms with Gasteiger partial charge in [-0.1, -0.05) is 80.1 Å². The lowest BCUT2D eigenvalue weighted by Gasteiger charge is -2.34. The lowest BCUT2D eigenvalue weighted by Crippen LogP contribution is -2.50. The number of hydrogen-bond acceptors (Lipinski definition) is 3. The van der Waals surface area contributed by atoms with Gasteiger partial charge in [-0.25, -0.2) is 0 Å². The summed E-state index contributed by atoms with van der Waals surface area (Å²) in [5.41, 5.74) is 7.21. The minimum absolute atomic E-state index is 0.0637. The summed E-state index contributed by atoms with van der Waals surface area (Å²) in [7, 11) is 2.10. The fraction of sp³-hybridized carbons (Fsp3) is 0.389. The monoisotopic (exact) mass is 562 g/mol. The zero-order valence-corrected chi connectivity index (χ0v) is 25.3. The van der Waals surface area contributed by atoms with Crippen LogP contribution in [0.2, 0.25) is 0 Å². The Morgan fingerprint density at radius 2 is 1.64 bits per heavy atom. The van der Waals surface area contributed by atoms with Crippen molar-refractivity contribution in [1.82, 2.24) is 19.7 Å². The predicted octanol–water partition coefficient (Wildman–Crippen LogP) is 6.33. The van der Waals surface area contributed by atoms with E-state index >= 15 is 0 Å². The normalized spacial score (nSPS) is 17.8. The minimum atomic E-state index is -0.585. The van der Waals surface area contributed by atoms with Crippen molar-refractivity contribution < 1.29 is 9.59 Å². The minimum Gasteiger partial charge on any atom is -0.353 e. The number of aryl methyl sites for hydroxylation is 2. The Bertz CT molecular complexity index is 1600. The molecule has 1 aromatic heterocycles. The van der Waals surface area contributed by atoms with Crippen molar-refractivity contribution in [2.45, 2.75) is 52.1 Å². The summed E-state index contributed by atoms with van der Waals surface area (Å²) in [6, 6.07) is 24.0. The van der Waals surface area contributed by atoms with Gasteiger partial charge in [-0.2, -0.15) is 0 Å². The molecule has 1 fully saturated rings. The van der Waals surface area contributed by atoms with Crippen LogP contribution in [-0.4, -0.2) is 58.4 Å². The molecule has 2 unspecified atom stereocenters. The molecular formula is C36H42N4O2. The van der Waals surface area contributed by atoms with Crippen molar-refractivity contribution in [2.24, 2.45) is 13.0 Å². The maximum Gasteiger partial charge on any atom is 0.255 e. The molecule has 0 spiro atoms. The molecule has 0 aliphatic carbocycles. The highest BCUT2D eigenvalue weighted by molar-refractivity contribution is 6.04. The molecule has 3 heterocycles. The number of nitrogens with zero attached hydrogens (tertiary/aromatic N) is 3. The first-order valence-corrected chi connectivity index (χ1v) is 15.4. The Labute approximate surface area is 249 Å². The average Bonchev–Trinajstić information content (AvgIpc) is 3.68. The largest absolute Gasteiger partial charge is 0.353 e. The molecule has 6 rings (SSSR count). The maximum atomic E-state index is 14.4. The molecule has 2 aliphatic rings. The van der Waals surface area contributed by atoms with Crippen LogP contribution in [0.15, 0.2) is 72.8 Å². The fourth-order valence-electron chi connectivity index (χ4n) is 6.97. The highest BCUT2D eigenvalue weighted by Crippen LogP contribution is 2.47. The smallest absolute Gasteiger partial charge is 0.255 e. The van der Waals surface area contributed by atoms with Crippen molar-refractivity contribution in [3.63, 3.8) is 0 Å². The van der Waals surface area contributed by atoms with E-state index in [4.69, 9.17) is 0 Å². The quantitative estimate of drug-likeness (QED) is 0.260. The summed E-state index contributed by atoms with van der Waals surface area (Å²) < 4.78 is 2.24. The Morgan fingerprint density at radius 3 is 2.38 bits per heavy atom. The molecule has 42 heavy (non-hydrogen) atoms. The van der Waals surface area contributed by atoms with Crippen LogP contribution in [0.3, 0.4) is 0 Å². The first-order chi connectivity index (χ1) is 20.3. The molecule has 218 valence electrons. The fourth-order valence-corrected chi connectivity index (χ4v) is 6.97. The third-order valence-corrected chi connectivity index (χ3v) is 9.00.